The third kappa shape index (κ3) is 3.56. The third-order valence-electron chi connectivity index (χ3n) is 2.39. The number of halogens is 2. The van der Waals surface area contributed by atoms with Gasteiger partial charge in [-0.2, -0.15) is 0 Å². The summed E-state index contributed by atoms with van der Waals surface area (Å²) in [6.45, 7) is 2.22. The molecule has 0 aliphatic carbocycles. The molecule has 1 fully saturated rings. The molecule has 1 unspecified atom stereocenters. The lowest BCUT2D eigenvalue weighted by Gasteiger charge is -2.22. The van der Waals surface area contributed by atoms with E-state index < -0.39 is 0 Å². The second-order valence-corrected chi connectivity index (χ2v) is 5.94. The molecule has 0 bridgehead atoms. The second kappa shape index (κ2) is 5.44. The molecule has 1 saturated heterocycles. The largest absolute Gasteiger partial charge is 0.316 e. The van der Waals surface area contributed by atoms with Crippen LogP contribution in [0.3, 0.4) is 0 Å². The summed E-state index contributed by atoms with van der Waals surface area (Å²) < 4.78 is 0. The minimum atomic E-state index is 0.647. The fourth-order valence-corrected chi connectivity index (χ4v) is 3.63. The van der Waals surface area contributed by atoms with Gasteiger partial charge < -0.3 is 5.32 Å². The molecule has 2 rings (SSSR count). The molecule has 0 radical (unpaired) electrons. The monoisotopic (exact) mass is 261 g/mol. The summed E-state index contributed by atoms with van der Waals surface area (Å²) in [5, 5.41) is 5.48. The van der Waals surface area contributed by atoms with Gasteiger partial charge in [-0.15, -0.1) is 11.8 Å². The Morgan fingerprint density at radius 3 is 2.53 bits per heavy atom. The van der Waals surface area contributed by atoms with Gasteiger partial charge in [-0.3, -0.25) is 0 Å². The molecule has 1 aliphatic rings. The number of hydrogen-bond donors (Lipinski definition) is 1. The molecule has 0 spiro atoms. The van der Waals surface area contributed by atoms with E-state index in [2.05, 4.69) is 5.32 Å². The first-order valence-corrected chi connectivity index (χ1v) is 6.71. The summed E-state index contributed by atoms with van der Waals surface area (Å²) in [6, 6.07) is 5.73. The molecule has 15 heavy (non-hydrogen) atoms. The van der Waals surface area contributed by atoms with Gasteiger partial charge in [0.2, 0.25) is 0 Å². The predicted octanol–water partition coefficient (Wildman–Crippen LogP) is 3.84. The molecule has 0 saturated carbocycles. The molecule has 1 N–H and O–H groups in total. The fourth-order valence-electron chi connectivity index (χ4n) is 1.71. The molecule has 4 heteroatoms. The first-order chi connectivity index (χ1) is 7.24. The molecular weight excluding hydrogens is 249 g/mol. The minimum Gasteiger partial charge on any atom is -0.316 e. The number of hydrogen-bond acceptors (Lipinski definition) is 2. The lowest BCUT2D eigenvalue weighted by molar-refractivity contribution is 0.531. The quantitative estimate of drug-likeness (QED) is 0.869. The Balaban J connectivity index is 2.02. The summed E-state index contributed by atoms with van der Waals surface area (Å²) in [5.41, 5.74) is 0. The fraction of sp³-hybridized carbons (Fsp3) is 0.455. The first kappa shape index (κ1) is 11.6. The molecule has 1 aromatic carbocycles. The third-order valence-corrected chi connectivity index (χ3v) is 4.07. The van der Waals surface area contributed by atoms with Crippen LogP contribution >= 0.6 is 35.0 Å². The van der Waals surface area contributed by atoms with Crippen molar-refractivity contribution in [1.29, 1.82) is 0 Å². The van der Waals surface area contributed by atoms with Gasteiger partial charge in [0.05, 0.1) is 0 Å². The van der Waals surface area contributed by atoms with Crippen LogP contribution in [-0.4, -0.2) is 18.3 Å². The standard InChI is InChI=1S/C11H13Cl2NS/c12-8-4-9(13)6-11(5-8)15-10-2-1-3-14-7-10/h4-6,10,14H,1-3,7H2. The molecule has 1 atom stereocenters. The lowest BCUT2D eigenvalue weighted by Crippen LogP contribution is -2.31. The van der Waals surface area contributed by atoms with Gasteiger partial charge in [0.25, 0.3) is 0 Å². The van der Waals surface area contributed by atoms with Crippen LogP contribution in [0.15, 0.2) is 23.1 Å². The van der Waals surface area contributed by atoms with Gasteiger partial charge in [0.15, 0.2) is 0 Å². The first-order valence-electron chi connectivity index (χ1n) is 5.07. The van der Waals surface area contributed by atoms with Gasteiger partial charge >= 0.3 is 0 Å². The van der Waals surface area contributed by atoms with E-state index in [-0.39, 0.29) is 0 Å². The van der Waals surface area contributed by atoms with E-state index in [4.69, 9.17) is 23.2 Å². The van der Waals surface area contributed by atoms with Crippen LogP contribution in [0.5, 0.6) is 0 Å². The van der Waals surface area contributed by atoms with Crippen LogP contribution in [0.2, 0.25) is 10.0 Å². The van der Waals surface area contributed by atoms with Crippen LogP contribution < -0.4 is 5.32 Å². The summed E-state index contributed by atoms with van der Waals surface area (Å²) in [4.78, 5) is 1.17. The van der Waals surface area contributed by atoms with Crippen LogP contribution in [0.1, 0.15) is 12.8 Å². The SMILES string of the molecule is Clc1cc(Cl)cc(SC2CCCNC2)c1. The van der Waals surface area contributed by atoms with Gasteiger partial charge in [0.1, 0.15) is 0 Å². The van der Waals surface area contributed by atoms with Crippen molar-refractivity contribution in [3.8, 4) is 0 Å². The molecule has 1 nitrogen and oxygen atoms in total. The topological polar surface area (TPSA) is 12.0 Å². The maximum Gasteiger partial charge on any atom is 0.0431 e. The highest BCUT2D eigenvalue weighted by Crippen LogP contribution is 2.31. The average molecular weight is 262 g/mol. The van der Waals surface area contributed by atoms with E-state index >= 15 is 0 Å². The van der Waals surface area contributed by atoms with Crippen LogP contribution in [0.25, 0.3) is 0 Å². The predicted molar refractivity (Wildman–Crippen MR) is 68.2 cm³/mol. The lowest BCUT2D eigenvalue weighted by atomic mass is 10.2. The van der Waals surface area contributed by atoms with E-state index in [1.165, 1.54) is 17.7 Å². The maximum atomic E-state index is 5.95. The molecule has 1 aliphatic heterocycles. The molecule has 82 valence electrons. The number of benzene rings is 1. The highest BCUT2D eigenvalue weighted by atomic mass is 35.5. The molecule has 0 aromatic heterocycles. The van der Waals surface area contributed by atoms with Crippen molar-refractivity contribution < 1.29 is 0 Å². The van der Waals surface area contributed by atoms with Crippen molar-refractivity contribution in [2.45, 2.75) is 23.0 Å². The Morgan fingerprint density at radius 1 is 1.20 bits per heavy atom. The van der Waals surface area contributed by atoms with E-state index in [1.807, 2.05) is 23.9 Å². The smallest absolute Gasteiger partial charge is 0.0431 e. The molecular formula is C11H13Cl2NS. The molecule has 0 amide bonds. The zero-order chi connectivity index (χ0) is 10.7. The van der Waals surface area contributed by atoms with Crippen molar-refractivity contribution in [2.75, 3.05) is 13.1 Å². The zero-order valence-electron chi connectivity index (χ0n) is 8.30. The number of nitrogens with one attached hydrogen (secondary N) is 1. The Kier molecular flexibility index (Phi) is 4.21. The van der Waals surface area contributed by atoms with Crippen molar-refractivity contribution in [3.63, 3.8) is 0 Å². The van der Waals surface area contributed by atoms with Crippen molar-refractivity contribution >= 4 is 35.0 Å². The van der Waals surface area contributed by atoms with Gasteiger partial charge in [0, 0.05) is 26.7 Å². The van der Waals surface area contributed by atoms with E-state index in [0.717, 1.165) is 13.1 Å². The van der Waals surface area contributed by atoms with Crippen LogP contribution in [0.4, 0.5) is 0 Å². The van der Waals surface area contributed by atoms with Gasteiger partial charge in [-0.25, -0.2) is 0 Å². The Hall–Kier alpha value is 0.110. The Labute approximate surface area is 105 Å². The summed E-state index contributed by atoms with van der Waals surface area (Å²) >= 11 is 13.8. The summed E-state index contributed by atoms with van der Waals surface area (Å²) in [7, 11) is 0. The van der Waals surface area contributed by atoms with Gasteiger partial charge in [-0.1, -0.05) is 23.2 Å². The Morgan fingerprint density at radius 2 is 1.93 bits per heavy atom. The maximum absolute atomic E-state index is 5.95. The van der Waals surface area contributed by atoms with E-state index in [0.29, 0.717) is 15.3 Å². The normalized spacial score (nSPS) is 21.6. The van der Waals surface area contributed by atoms with Crippen molar-refractivity contribution in [1.82, 2.24) is 5.32 Å². The number of rotatable bonds is 2. The van der Waals surface area contributed by atoms with Crippen molar-refractivity contribution in [3.05, 3.63) is 28.2 Å². The van der Waals surface area contributed by atoms with Gasteiger partial charge in [-0.05, 0) is 37.6 Å². The van der Waals surface area contributed by atoms with Crippen LogP contribution in [0, 0.1) is 0 Å². The number of piperidine rings is 1. The molecule has 1 aromatic rings. The highest BCUT2D eigenvalue weighted by molar-refractivity contribution is 8.00. The number of thioether (sulfide) groups is 1. The Bertz CT molecular complexity index is 317. The highest BCUT2D eigenvalue weighted by Gasteiger charge is 2.14. The van der Waals surface area contributed by atoms with Crippen molar-refractivity contribution in [2.24, 2.45) is 0 Å². The average Bonchev–Trinajstić information content (AvgIpc) is 2.17. The molecule has 1 heterocycles. The zero-order valence-corrected chi connectivity index (χ0v) is 10.6. The van der Waals surface area contributed by atoms with E-state index in [9.17, 15) is 0 Å². The second-order valence-electron chi connectivity index (χ2n) is 3.69. The summed E-state index contributed by atoms with van der Waals surface area (Å²) in [5.74, 6) is 0. The minimum absolute atomic E-state index is 0.647. The van der Waals surface area contributed by atoms with E-state index in [1.54, 1.807) is 6.07 Å². The van der Waals surface area contributed by atoms with Crippen LogP contribution in [-0.2, 0) is 0 Å². The summed E-state index contributed by atoms with van der Waals surface area (Å²) in [6.07, 6.45) is 2.52.